The van der Waals surface area contributed by atoms with E-state index in [4.69, 9.17) is 4.74 Å². The van der Waals surface area contributed by atoms with Gasteiger partial charge in [-0.1, -0.05) is 32.1 Å². The minimum Gasteiger partial charge on any atom is -0.463 e. The number of rotatable bonds is 1. The number of esters is 1. The Bertz CT molecular complexity index is 156. The maximum absolute atomic E-state index is 10.8. The summed E-state index contributed by atoms with van der Waals surface area (Å²) in [7, 11) is 0. The summed E-state index contributed by atoms with van der Waals surface area (Å²) in [6.45, 7) is 1.51. The van der Waals surface area contributed by atoms with Crippen molar-refractivity contribution in [1.29, 1.82) is 0 Å². The van der Waals surface area contributed by atoms with E-state index < -0.39 is 0 Å². The Labute approximate surface area is 87.0 Å². The van der Waals surface area contributed by atoms with Crippen LogP contribution in [0.25, 0.3) is 0 Å². The highest BCUT2D eigenvalue weighted by atomic mass is 16.5. The Balaban J connectivity index is 2.26. The zero-order chi connectivity index (χ0) is 10.2. The molecule has 0 saturated heterocycles. The summed E-state index contributed by atoms with van der Waals surface area (Å²) < 4.78 is 5.28. The van der Waals surface area contributed by atoms with Crippen molar-refractivity contribution in [1.82, 2.24) is 0 Å². The number of carbonyl (C=O) groups is 1. The quantitative estimate of drug-likeness (QED) is 0.603. The fourth-order valence-electron chi connectivity index (χ4n) is 2.12. The average Bonchev–Trinajstić information content (AvgIpc) is 2.15. The Morgan fingerprint density at radius 1 is 0.929 bits per heavy atom. The van der Waals surface area contributed by atoms with Gasteiger partial charge in [-0.3, -0.25) is 4.79 Å². The first-order valence-electron chi connectivity index (χ1n) is 5.96. The summed E-state index contributed by atoms with van der Waals surface area (Å²) in [5.74, 6) is -0.118. The summed E-state index contributed by atoms with van der Waals surface area (Å²) in [4.78, 5) is 10.8. The van der Waals surface area contributed by atoms with Gasteiger partial charge in [0.25, 0.3) is 0 Å². The second-order valence-electron chi connectivity index (χ2n) is 4.28. The molecule has 0 radical (unpaired) electrons. The van der Waals surface area contributed by atoms with Crippen LogP contribution in [0.15, 0.2) is 0 Å². The molecule has 82 valence electrons. The maximum atomic E-state index is 10.8. The van der Waals surface area contributed by atoms with Crippen LogP contribution in [0.5, 0.6) is 0 Å². The van der Waals surface area contributed by atoms with E-state index in [1.165, 1.54) is 51.9 Å². The van der Waals surface area contributed by atoms with Crippen molar-refractivity contribution >= 4 is 5.97 Å². The molecule has 1 aliphatic carbocycles. The SMILES string of the molecule is CC(=O)OC1CCCCCCCCC1. The highest BCUT2D eigenvalue weighted by Crippen LogP contribution is 2.18. The highest BCUT2D eigenvalue weighted by molar-refractivity contribution is 5.66. The van der Waals surface area contributed by atoms with Gasteiger partial charge < -0.3 is 4.74 Å². The number of carbonyl (C=O) groups excluding carboxylic acids is 1. The maximum Gasteiger partial charge on any atom is 0.302 e. The topological polar surface area (TPSA) is 26.3 Å². The molecule has 1 rings (SSSR count). The van der Waals surface area contributed by atoms with Crippen LogP contribution >= 0.6 is 0 Å². The first kappa shape index (κ1) is 11.5. The molecule has 0 unspecified atom stereocenters. The van der Waals surface area contributed by atoms with Gasteiger partial charge in [0.2, 0.25) is 0 Å². The first-order chi connectivity index (χ1) is 6.79. The largest absolute Gasteiger partial charge is 0.463 e. The molecule has 2 nitrogen and oxygen atoms in total. The molecule has 0 aromatic rings. The van der Waals surface area contributed by atoms with Gasteiger partial charge in [-0.05, 0) is 25.7 Å². The Hall–Kier alpha value is -0.530. The first-order valence-corrected chi connectivity index (χ1v) is 5.96. The fraction of sp³-hybridized carbons (Fsp3) is 0.917. The predicted octanol–water partition coefficient (Wildman–Crippen LogP) is 3.44. The van der Waals surface area contributed by atoms with Crippen LogP contribution in [0.2, 0.25) is 0 Å². The summed E-state index contributed by atoms with van der Waals surface area (Å²) in [6.07, 6.45) is 11.5. The van der Waals surface area contributed by atoms with Gasteiger partial charge in [-0.25, -0.2) is 0 Å². The third-order valence-corrected chi connectivity index (χ3v) is 2.88. The van der Waals surface area contributed by atoms with Gasteiger partial charge in [0, 0.05) is 6.92 Å². The van der Waals surface area contributed by atoms with Crippen molar-refractivity contribution in [3.63, 3.8) is 0 Å². The minimum atomic E-state index is -0.118. The average molecular weight is 198 g/mol. The third-order valence-electron chi connectivity index (χ3n) is 2.88. The summed E-state index contributed by atoms with van der Waals surface area (Å²) in [5, 5.41) is 0. The van der Waals surface area contributed by atoms with Crippen LogP contribution in [-0.2, 0) is 9.53 Å². The lowest BCUT2D eigenvalue weighted by molar-refractivity contribution is -0.147. The summed E-state index contributed by atoms with van der Waals surface area (Å²) >= 11 is 0. The van der Waals surface area contributed by atoms with Gasteiger partial charge in [0.1, 0.15) is 6.10 Å². The molecule has 0 aromatic carbocycles. The van der Waals surface area contributed by atoms with Crippen molar-refractivity contribution in [2.75, 3.05) is 0 Å². The zero-order valence-electron chi connectivity index (χ0n) is 9.26. The van der Waals surface area contributed by atoms with Crippen molar-refractivity contribution in [2.24, 2.45) is 0 Å². The van der Waals surface area contributed by atoms with Gasteiger partial charge in [-0.2, -0.15) is 0 Å². The van der Waals surface area contributed by atoms with Gasteiger partial charge in [0.05, 0.1) is 0 Å². The van der Waals surface area contributed by atoms with E-state index >= 15 is 0 Å². The summed E-state index contributed by atoms with van der Waals surface area (Å²) in [6, 6.07) is 0. The lowest BCUT2D eigenvalue weighted by atomic mass is 9.99. The smallest absolute Gasteiger partial charge is 0.302 e. The highest BCUT2D eigenvalue weighted by Gasteiger charge is 2.12. The Kier molecular flexibility index (Phi) is 5.65. The second kappa shape index (κ2) is 6.86. The van der Waals surface area contributed by atoms with Crippen molar-refractivity contribution in [2.45, 2.75) is 70.8 Å². The molecule has 0 amide bonds. The van der Waals surface area contributed by atoms with Crippen molar-refractivity contribution in [3.05, 3.63) is 0 Å². The molecule has 14 heavy (non-hydrogen) atoms. The molecule has 0 aliphatic heterocycles. The lowest BCUT2D eigenvalue weighted by Crippen LogP contribution is -2.16. The third kappa shape index (κ3) is 5.25. The summed E-state index contributed by atoms with van der Waals surface area (Å²) in [5.41, 5.74) is 0. The normalized spacial score (nSPS) is 21.5. The lowest BCUT2D eigenvalue weighted by Gasteiger charge is -2.18. The molecular weight excluding hydrogens is 176 g/mol. The van der Waals surface area contributed by atoms with Crippen LogP contribution < -0.4 is 0 Å². The van der Waals surface area contributed by atoms with Crippen LogP contribution in [0.1, 0.15) is 64.7 Å². The number of hydrogen-bond donors (Lipinski definition) is 0. The van der Waals surface area contributed by atoms with Crippen molar-refractivity contribution < 1.29 is 9.53 Å². The van der Waals surface area contributed by atoms with Crippen LogP contribution in [-0.4, -0.2) is 12.1 Å². The number of hydrogen-bond acceptors (Lipinski definition) is 2. The second-order valence-corrected chi connectivity index (χ2v) is 4.28. The Morgan fingerprint density at radius 2 is 1.36 bits per heavy atom. The van der Waals surface area contributed by atoms with Gasteiger partial charge in [0.15, 0.2) is 0 Å². The molecule has 1 saturated carbocycles. The standard InChI is InChI=1S/C12H22O2/c1-11(13)14-12-9-7-5-3-2-4-6-8-10-12/h12H,2-10H2,1H3. The van der Waals surface area contributed by atoms with Gasteiger partial charge >= 0.3 is 5.97 Å². The van der Waals surface area contributed by atoms with E-state index in [2.05, 4.69) is 0 Å². The van der Waals surface area contributed by atoms with E-state index in [9.17, 15) is 4.79 Å². The minimum absolute atomic E-state index is 0.118. The predicted molar refractivity (Wildman–Crippen MR) is 57.1 cm³/mol. The van der Waals surface area contributed by atoms with E-state index in [-0.39, 0.29) is 12.1 Å². The molecule has 0 heterocycles. The molecular formula is C12H22O2. The monoisotopic (exact) mass is 198 g/mol. The molecule has 2 heteroatoms. The molecule has 1 fully saturated rings. The molecule has 0 atom stereocenters. The zero-order valence-corrected chi connectivity index (χ0v) is 9.26. The van der Waals surface area contributed by atoms with Crippen LogP contribution in [0.4, 0.5) is 0 Å². The van der Waals surface area contributed by atoms with Crippen LogP contribution in [0, 0.1) is 0 Å². The van der Waals surface area contributed by atoms with E-state index in [0.717, 1.165) is 12.8 Å². The van der Waals surface area contributed by atoms with Crippen molar-refractivity contribution in [3.8, 4) is 0 Å². The Morgan fingerprint density at radius 3 is 1.79 bits per heavy atom. The fourth-order valence-corrected chi connectivity index (χ4v) is 2.12. The molecule has 1 aliphatic rings. The molecule has 0 aromatic heterocycles. The van der Waals surface area contributed by atoms with E-state index in [0.29, 0.717) is 0 Å². The number of ether oxygens (including phenoxy) is 1. The molecule has 0 spiro atoms. The van der Waals surface area contributed by atoms with Gasteiger partial charge in [-0.15, -0.1) is 0 Å². The van der Waals surface area contributed by atoms with E-state index in [1.54, 1.807) is 0 Å². The molecule has 0 N–H and O–H groups in total. The van der Waals surface area contributed by atoms with Crippen LogP contribution in [0.3, 0.4) is 0 Å². The van der Waals surface area contributed by atoms with E-state index in [1.807, 2.05) is 0 Å². The molecule has 0 bridgehead atoms.